The molecule has 0 bridgehead atoms. The molecule has 1 aromatic rings. The maximum Gasteiger partial charge on any atom is 0.182 e. The van der Waals surface area contributed by atoms with Crippen molar-refractivity contribution < 1.29 is 5.11 Å². The Morgan fingerprint density at radius 1 is 1.70 bits per heavy atom. The highest BCUT2D eigenvalue weighted by molar-refractivity contribution is 5.46. The number of nitrogens with two attached hydrogens (primary N) is 1. The first-order chi connectivity index (χ1) is 4.74. The normalized spacial score (nSPS) is 8.70. The van der Waals surface area contributed by atoms with Gasteiger partial charge in [0, 0.05) is 6.07 Å². The Bertz CT molecular complexity index is 290. The lowest BCUT2D eigenvalue weighted by Gasteiger charge is -1.94. The van der Waals surface area contributed by atoms with Crippen molar-refractivity contribution in [3.8, 4) is 11.8 Å². The minimum Gasteiger partial charge on any atom is -0.505 e. The molecule has 50 valence electrons. The molecular weight excluding hydrogens is 130 g/mol. The summed E-state index contributed by atoms with van der Waals surface area (Å²) in [6.07, 6.45) is 1.32. The van der Waals surface area contributed by atoms with Crippen molar-refractivity contribution in [2.75, 3.05) is 5.73 Å². The maximum atomic E-state index is 8.93. The second-order valence-electron chi connectivity index (χ2n) is 1.75. The first-order valence-electron chi connectivity index (χ1n) is 2.58. The Kier molecular flexibility index (Phi) is 1.42. The van der Waals surface area contributed by atoms with Gasteiger partial charge in [0.15, 0.2) is 11.4 Å². The van der Waals surface area contributed by atoms with Crippen LogP contribution in [0.3, 0.4) is 0 Å². The van der Waals surface area contributed by atoms with Gasteiger partial charge in [0.25, 0.3) is 0 Å². The van der Waals surface area contributed by atoms with Gasteiger partial charge in [0.05, 0.1) is 11.9 Å². The fourth-order valence-corrected chi connectivity index (χ4v) is 0.555. The van der Waals surface area contributed by atoms with E-state index in [-0.39, 0.29) is 11.4 Å². The monoisotopic (exact) mass is 135 g/mol. The van der Waals surface area contributed by atoms with E-state index in [0.29, 0.717) is 5.69 Å². The number of rotatable bonds is 0. The zero-order valence-electron chi connectivity index (χ0n) is 5.07. The molecule has 1 heterocycles. The third kappa shape index (κ3) is 0.977. The van der Waals surface area contributed by atoms with Crippen LogP contribution in [-0.4, -0.2) is 10.1 Å². The van der Waals surface area contributed by atoms with Crippen LogP contribution >= 0.6 is 0 Å². The molecule has 0 radical (unpaired) electrons. The lowest BCUT2D eigenvalue weighted by Crippen LogP contribution is -1.88. The number of hydrogen-bond donors (Lipinski definition) is 2. The predicted octanol–water partition coefficient (Wildman–Crippen LogP) is 0.241. The number of nitrogen functional groups attached to an aromatic ring is 1. The van der Waals surface area contributed by atoms with Crippen molar-refractivity contribution in [2.45, 2.75) is 0 Å². The summed E-state index contributed by atoms with van der Waals surface area (Å²) in [5, 5.41) is 17.2. The molecule has 0 aliphatic heterocycles. The minimum atomic E-state index is -0.178. The highest BCUT2D eigenvalue weighted by Gasteiger charge is 1.99. The van der Waals surface area contributed by atoms with E-state index in [9.17, 15) is 0 Å². The van der Waals surface area contributed by atoms with Crippen LogP contribution in [0.15, 0.2) is 12.3 Å². The molecule has 0 aromatic carbocycles. The van der Waals surface area contributed by atoms with Crippen molar-refractivity contribution in [3.63, 3.8) is 0 Å². The maximum absolute atomic E-state index is 8.93. The van der Waals surface area contributed by atoms with Crippen LogP contribution in [0.25, 0.3) is 0 Å². The van der Waals surface area contributed by atoms with E-state index in [2.05, 4.69) is 4.98 Å². The summed E-state index contributed by atoms with van der Waals surface area (Å²) in [4.78, 5) is 3.56. The molecule has 0 fully saturated rings. The molecule has 4 nitrogen and oxygen atoms in total. The zero-order valence-corrected chi connectivity index (χ0v) is 5.07. The molecule has 1 rings (SSSR count). The van der Waals surface area contributed by atoms with Crippen LogP contribution in [0.2, 0.25) is 0 Å². The molecule has 0 saturated carbocycles. The highest BCUT2D eigenvalue weighted by atomic mass is 16.3. The van der Waals surface area contributed by atoms with Gasteiger partial charge in [-0.05, 0) is 0 Å². The van der Waals surface area contributed by atoms with Crippen LogP contribution in [0.4, 0.5) is 5.69 Å². The molecule has 0 aliphatic rings. The van der Waals surface area contributed by atoms with Crippen LogP contribution in [0.1, 0.15) is 5.69 Å². The van der Waals surface area contributed by atoms with E-state index in [1.54, 1.807) is 6.07 Å². The molecule has 3 N–H and O–H groups in total. The van der Waals surface area contributed by atoms with Crippen molar-refractivity contribution >= 4 is 5.69 Å². The topological polar surface area (TPSA) is 82.9 Å². The summed E-state index contributed by atoms with van der Waals surface area (Å²) in [5.74, 6) is -0.178. The van der Waals surface area contributed by atoms with Gasteiger partial charge in [-0.2, -0.15) is 5.26 Å². The third-order valence-electron chi connectivity index (χ3n) is 0.995. The summed E-state index contributed by atoms with van der Waals surface area (Å²) >= 11 is 0. The third-order valence-corrected chi connectivity index (χ3v) is 0.995. The SMILES string of the molecule is N#Cc1ncc(N)cc1O. The first-order valence-corrected chi connectivity index (χ1v) is 2.58. The van der Waals surface area contributed by atoms with Gasteiger partial charge in [-0.15, -0.1) is 0 Å². The van der Waals surface area contributed by atoms with E-state index in [0.717, 1.165) is 0 Å². The molecular formula is C6H5N3O. The highest BCUT2D eigenvalue weighted by Crippen LogP contribution is 2.15. The summed E-state index contributed by atoms with van der Waals surface area (Å²) < 4.78 is 0. The summed E-state index contributed by atoms with van der Waals surface area (Å²) in [5.41, 5.74) is 5.59. The van der Waals surface area contributed by atoms with Gasteiger partial charge in [-0.25, -0.2) is 4.98 Å². The molecule has 0 spiro atoms. The van der Waals surface area contributed by atoms with Gasteiger partial charge in [0.1, 0.15) is 6.07 Å². The average Bonchev–Trinajstić information content (AvgIpc) is 1.88. The number of pyridine rings is 1. The fourth-order valence-electron chi connectivity index (χ4n) is 0.555. The van der Waals surface area contributed by atoms with E-state index in [1.807, 2.05) is 0 Å². The van der Waals surface area contributed by atoms with E-state index < -0.39 is 0 Å². The second-order valence-corrected chi connectivity index (χ2v) is 1.75. The van der Waals surface area contributed by atoms with Crippen molar-refractivity contribution in [3.05, 3.63) is 18.0 Å². The minimum absolute atomic E-state index is 0.00537. The number of nitriles is 1. The zero-order chi connectivity index (χ0) is 7.56. The first kappa shape index (κ1) is 6.36. The molecule has 1 aromatic heterocycles. The van der Waals surface area contributed by atoms with Crippen LogP contribution in [-0.2, 0) is 0 Å². The number of nitrogens with zero attached hydrogens (tertiary/aromatic N) is 2. The van der Waals surface area contributed by atoms with Gasteiger partial charge >= 0.3 is 0 Å². The van der Waals surface area contributed by atoms with Gasteiger partial charge in [-0.3, -0.25) is 0 Å². The summed E-state index contributed by atoms with van der Waals surface area (Å²) in [6.45, 7) is 0. The molecule has 0 atom stereocenters. The largest absolute Gasteiger partial charge is 0.505 e. The average molecular weight is 135 g/mol. The van der Waals surface area contributed by atoms with Crippen molar-refractivity contribution in [1.29, 1.82) is 5.26 Å². The molecule has 0 saturated heterocycles. The van der Waals surface area contributed by atoms with Gasteiger partial charge in [-0.1, -0.05) is 0 Å². The lowest BCUT2D eigenvalue weighted by atomic mass is 10.3. The molecule has 10 heavy (non-hydrogen) atoms. The summed E-state index contributed by atoms with van der Waals surface area (Å²) in [7, 11) is 0. The Hall–Kier alpha value is -1.76. The van der Waals surface area contributed by atoms with Crippen LogP contribution in [0, 0.1) is 11.3 Å². The van der Waals surface area contributed by atoms with E-state index >= 15 is 0 Å². The van der Waals surface area contributed by atoms with Crippen molar-refractivity contribution in [2.24, 2.45) is 0 Å². The predicted molar refractivity (Wildman–Crippen MR) is 35.0 cm³/mol. The van der Waals surface area contributed by atoms with E-state index in [4.69, 9.17) is 16.1 Å². The fraction of sp³-hybridized carbons (Fsp3) is 0. The van der Waals surface area contributed by atoms with Crippen molar-refractivity contribution in [1.82, 2.24) is 4.98 Å². The smallest absolute Gasteiger partial charge is 0.182 e. The Morgan fingerprint density at radius 3 is 2.90 bits per heavy atom. The van der Waals surface area contributed by atoms with Crippen LogP contribution in [0.5, 0.6) is 5.75 Å². The number of anilines is 1. The molecule has 0 amide bonds. The quantitative estimate of drug-likeness (QED) is 0.533. The molecule has 4 heteroatoms. The van der Waals surface area contributed by atoms with Gasteiger partial charge in [0.2, 0.25) is 0 Å². The molecule has 0 aliphatic carbocycles. The lowest BCUT2D eigenvalue weighted by molar-refractivity contribution is 0.471. The molecule has 0 unspecified atom stereocenters. The number of hydrogen-bond acceptors (Lipinski definition) is 4. The Balaban J connectivity index is 3.23. The van der Waals surface area contributed by atoms with Crippen LogP contribution < -0.4 is 5.73 Å². The summed E-state index contributed by atoms with van der Waals surface area (Å²) in [6, 6.07) is 2.99. The Morgan fingerprint density at radius 2 is 2.40 bits per heavy atom. The van der Waals surface area contributed by atoms with Gasteiger partial charge < -0.3 is 10.8 Å². The Labute approximate surface area is 57.5 Å². The number of aromatic nitrogens is 1. The van der Waals surface area contributed by atoms with E-state index in [1.165, 1.54) is 12.3 Å². The standard InChI is InChI=1S/C6H5N3O/c7-2-5-6(10)1-4(8)3-9-5/h1,3,10H,8H2. The number of aromatic hydroxyl groups is 1. The second kappa shape index (κ2) is 2.23.